The third-order valence-electron chi connectivity index (χ3n) is 12.1. The lowest BCUT2D eigenvalue weighted by Gasteiger charge is -2.43. The number of hydrogen-bond donors (Lipinski definition) is 3. The number of anilines is 1. The minimum absolute atomic E-state index is 0.0132. The molecule has 2 aromatic carbocycles. The topological polar surface area (TPSA) is 126 Å². The van der Waals surface area contributed by atoms with E-state index in [1.807, 2.05) is 60.0 Å². The molecule has 4 amide bonds. The van der Waals surface area contributed by atoms with Gasteiger partial charge in [-0.2, -0.15) is 0 Å². The highest BCUT2D eigenvalue weighted by atomic mass is 16.6. The van der Waals surface area contributed by atoms with E-state index in [0.29, 0.717) is 57.5 Å². The summed E-state index contributed by atoms with van der Waals surface area (Å²) in [6.07, 6.45) is 6.51. The molecule has 11 heteroatoms. The van der Waals surface area contributed by atoms with Gasteiger partial charge in [-0.05, 0) is 119 Å². The molecule has 270 valence electrons. The number of fused-ring (bicyclic) bond motifs is 1. The molecular weight excluding hydrogens is 634 g/mol. The number of para-hydroxylation sites is 1. The Morgan fingerprint density at radius 2 is 1.50 bits per heavy atom. The first-order chi connectivity index (χ1) is 24.1. The molecule has 0 aromatic heterocycles. The lowest BCUT2D eigenvalue weighted by molar-refractivity contribution is -0.142. The molecule has 3 N–H and O–H groups in total. The van der Waals surface area contributed by atoms with Crippen LogP contribution in [-0.4, -0.2) is 117 Å². The number of rotatable bonds is 7. The second-order valence-corrected chi connectivity index (χ2v) is 15.4. The number of aryl methyl sites for hydroxylation is 2. The molecule has 11 nitrogen and oxygen atoms in total. The van der Waals surface area contributed by atoms with Crippen molar-refractivity contribution in [2.24, 2.45) is 5.92 Å². The molecule has 0 spiro atoms. The van der Waals surface area contributed by atoms with Gasteiger partial charge in [0.15, 0.2) is 6.10 Å². The Hall–Kier alpha value is -3.83. The van der Waals surface area contributed by atoms with Gasteiger partial charge < -0.3 is 39.9 Å². The van der Waals surface area contributed by atoms with Crippen LogP contribution in [0.5, 0.6) is 5.75 Å². The van der Waals surface area contributed by atoms with Crippen molar-refractivity contribution >= 4 is 23.7 Å². The van der Waals surface area contributed by atoms with Crippen LogP contribution in [0, 0.1) is 19.8 Å². The number of phenols is 1. The summed E-state index contributed by atoms with van der Waals surface area (Å²) in [7, 11) is 0. The van der Waals surface area contributed by atoms with E-state index in [2.05, 4.69) is 10.2 Å². The summed E-state index contributed by atoms with van der Waals surface area (Å²) in [4.78, 5) is 48.8. The Kier molecular flexibility index (Phi) is 9.98. The Balaban J connectivity index is 0.963. The molecule has 4 aliphatic heterocycles. The van der Waals surface area contributed by atoms with Crippen LogP contribution in [0.15, 0.2) is 36.4 Å². The van der Waals surface area contributed by atoms with E-state index in [-0.39, 0.29) is 30.2 Å². The van der Waals surface area contributed by atoms with Gasteiger partial charge in [0.25, 0.3) is 5.91 Å². The van der Waals surface area contributed by atoms with Crippen LogP contribution in [0.4, 0.5) is 15.3 Å². The van der Waals surface area contributed by atoms with Gasteiger partial charge in [0.1, 0.15) is 5.75 Å². The van der Waals surface area contributed by atoms with Gasteiger partial charge in [0.2, 0.25) is 0 Å². The van der Waals surface area contributed by atoms with Crippen molar-refractivity contribution in [3.63, 3.8) is 0 Å². The van der Waals surface area contributed by atoms with Crippen molar-refractivity contribution in [1.29, 1.82) is 0 Å². The molecule has 1 atom stereocenters. The van der Waals surface area contributed by atoms with E-state index in [1.54, 1.807) is 4.90 Å². The number of carbonyl (C=O) groups is 3. The Labute approximate surface area is 295 Å². The zero-order chi connectivity index (χ0) is 35.0. The maximum absolute atomic E-state index is 14.1. The summed E-state index contributed by atoms with van der Waals surface area (Å²) < 4.78 is 6.08. The number of carbonyl (C=O) groups excluding carboxylic acids is 3. The molecule has 7 rings (SSSR count). The number of ether oxygens (including phenoxy) is 1. The quantitative estimate of drug-likeness (QED) is 0.381. The van der Waals surface area contributed by atoms with E-state index in [9.17, 15) is 24.6 Å². The van der Waals surface area contributed by atoms with Crippen molar-refractivity contribution in [1.82, 2.24) is 19.6 Å². The fourth-order valence-electron chi connectivity index (χ4n) is 8.84. The average molecular weight is 688 g/mol. The number of nitrogens with one attached hydrogen (secondary N) is 1. The monoisotopic (exact) mass is 687 g/mol. The van der Waals surface area contributed by atoms with Crippen molar-refractivity contribution < 1.29 is 29.3 Å². The van der Waals surface area contributed by atoms with Gasteiger partial charge in [-0.25, -0.2) is 9.59 Å². The SMILES string of the molecule is Cc1cc(CC(OC(=O)N2CCC(N3CCc4ccccc4NC3=O)CC2)C(=O)N2CCC(N3CCC(C4(O)CC4)CC3)CC2)cc(C)c1O. The normalized spacial score (nSPS) is 22.8. The van der Waals surface area contributed by atoms with E-state index in [0.717, 1.165) is 86.0 Å². The maximum Gasteiger partial charge on any atom is 0.410 e. The molecule has 0 bridgehead atoms. The standard InChI is InChI=1S/C39H53N5O6/c1-26-23-28(24-27(2)35(26)45)25-34(36(46)42-18-10-31(11-19-42)41-16-8-30(9-17-41)39(49)14-15-39)50-38(48)43-20-12-32(13-21-43)44-22-7-29-5-3-4-6-33(29)40-37(44)47/h3-6,23-24,30-32,34,45,49H,7-22,25H2,1-2H3,(H,40,47). The fraction of sp³-hybridized carbons (Fsp3) is 0.615. The second kappa shape index (κ2) is 14.4. The molecule has 2 aromatic rings. The molecule has 1 saturated carbocycles. The van der Waals surface area contributed by atoms with Gasteiger partial charge in [0.05, 0.1) is 5.60 Å². The highest BCUT2D eigenvalue weighted by Crippen LogP contribution is 2.46. The van der Waals surface area contributed by atoms with Crippen LogP contribution in [0.3, 0.4) is 0 Å². The first kappa shape index (κ1) is 34.6. The van der Waals surface area contributed by atoms with E-state index >= 15 is 0 Å². The van der Waals surface area contributed by atoms with E-state index < -0.39 is 17.8 Å². The van der Waals surface area contributed by atoms with Crippen LogP contribution in [-0.2, 0) is 22.4 Å². The average Bonchev–Trinajstić information content (AvgIpc) is 3.91. The molecule has 4 heterocycles. The third kappa shape index (κ3) is 7.44. The number of hydrogen-bond acceptors (Lipinski definition) is 7. The zero-order valence-electron chi connectivity index (χ0n) is 29.6. The first-order valence-electron chi connectivity index (χ1n) is 18.7. The molecular formula is C39H53N5O6. The van der Waals surface area contributed by atoms with Gasteiger partial charge >= 0.3 is 12.1 Å². The largest absolute Gasteiger partial charge is 0.507 e. The predicted octanol–water partition coefficient (Wildman–Crippen LogP) is 4.84. The van der Waals surface area contributed by atoms with Crippen LogP contribution in [0.1, 0.15) is 73.6 Å². The number of piperidine rings is 3. The summed E-state index contributed by atoms with van der Waals surface area (Å²) in [6, 6.07) is 11.9. The number of benzene rings is 2. The van der Waals surface area contributed by atoms with Crippen LogP contribution < -0.4 is 5.32 Å². The lowest BCUT2D eigenvalue weighted by atomic mass is 9.88. The highest BCUT2D eigenvalue weighted by molar-refractivity contribution is 5.91. The number of urea groups is 1. The first-order valence-corrected chi connectivity index (χ1v) is 18.7. The van der Waals surface area contributed by atoms with Crippen molar-refractivity contribution in [3.05, 3.63) is 58.7 Å². The summed E-state index contributed by atoms with van der Waals surface area (Å²) in [5, 5.41) is 24.0. The van der Waals surface area contributed by atoms with Gasteiger partial charge in [-0.3, -0.25) is 4.79 Å². The number of likely N-dealkylation sites (tertiary alicyclic amines) is 3. The summed E-state index contributed by atoms with van der Waals surface area (Å²) in [5.41, 5.74) is 3.85. The third-order valence-corrected chi connectivity index (χ3v) is 12.1. The number of aromatic hydroxyl groups is 1. The number of nitrogens with zero attached hydrogens (tertiary/aromatic N) is 4. The minimum Gasteiger partial charge on any atom is -0.507 e. The van der Waals surface area contributed by atoms with Crippen LogP contribution in [0.2, 0.25) is 0 Å². The second-order valence-electron chi connectivity index (χ2n) is 15.4. The van der Waals surface area contributed by atoms with Crippen molar-refractivity contribution in [3.8, 4) is 5.75 Å². The fourth-order valence-corrected chi connectivity index (χ4v) is 8.84. The number of phenolic OH excluding ortho intramolecular Hbond substituents is 1. The molecule has 4 fully saturated rings. The Bertz CT molecular complexity index is 1550. The number of amides is 4. The van der Waals surface area contributed by atoms with E-state index in [1.165, 1.54) is 0 Å². The van der Waals surface area contributed by atoms with Gasteiger partial charge in [0, 0.05) is 56.9 Å². The molecule has 3 saturated heterocycles. The molecule has 1 aliphatic carbocycles. The smallest absolute Gasteiger partial charge is 0.410 e. The molecule has 50 heavy (non-hydrogen) atoms. The Morgan fingerprint density at radius 1 is 0.880 bits per heavy atom. The minimum atomic E-state index is -0.981. The number of aliphatic hydroxyl groups is 1. The van der Waals surface area contributed by atoms with Gasteiger partial charge in [-0.15, -0.1) is 0 Å². The zero-order valence-corrected chi connectivity index (χ0v) is 29.6. The summed E-state index contributed by atoms with van der Waals surface area (Å²) in [5.74, 6) is 0.474. The maximum atomic E-state index is 14.1. The van der Waals surface area contributed by atoms with E-state index in [4.69, 9.17) is 4.74 Å². The molecule has 5 aliphatic rings. The van der Waals surface area contributed by atoms with Crippen LogP contribution in [0.25, 0.3) is 0 Å². The molecule has 1 unspecified atom stereocenters. The summed E-state index contributed by atoms with van der Waals surface area (Å²) >= 11 is 0. The Morgan fingerprint density at radius 3 is 2.16 bits per heavy atom. The summed E-state index contributed by atoms with van der Waals surface area (Å²) in [6.45, 7) is 8.40. The van der Waals surface area contributed by atoms with Gasteiger partial charge in [-0.1, -0.05) is 30.3 Å². The van der Waals surface area contributed by atoms with Crippen molar-refractivity contribution in [2.45, 2.75) is 102 Å². The van der Waals surface area contributed by atoms with Crippen LogP contribution >= 0.6 is 0 Å². The lowest BCUT2D eigenvalue weighted by Crippen LogP contribution is -2.53. The highest BCUT2D eigenvalue weighted by Gasteiger charge is 2.48. The predicted molar refractivity (Wildman–Crippen MR) is 190 cm³/mol. The van der Waals surface area contributed by atoms with Crippen molar-refractivity contribution in [2.75, 3.05) is 51.1 Å². The molecule has 0 radical (unpaired) electrons.